The number of rotatable bonds is 5. The summed E-state index contributed by atoms with van der Waals surface area (Å²) in [5, 5.41) is 14.4. The molecule has 0 aromatic carbocycles. The number of hydrogen-bond acceptors (Lipinski definition) is 5. The minimum absolute atomic E-state index is 0.0803. The number of aliphatic hydroxyl groups excluding tert-OH is 1. The predicted molar refractivity (Wildman–Crippen MR) is 91.8 cm³/mol. The molecule has 140 valence electrons. The summed E-state index contributed by atoms with van der Waals surface area (Å²) in [7, 11) is 0. The van der Waals surface area contributed by atoms with E-state index in [1.165, 1.54) is 12.3 Å². The van der Waals surface area contributed by atoms with Crippen molar-refractivity contribution in [3.63, 3.8) is 0 Å². The van der Waals surface area contributed by atoms with Crippen molar-refractivity contribution in [1.29, 1.82) is 0 Å². The Balaban J connectivity index is 1.67. The van der Waals surface area contributed by atoms with Gasteiger partial charge in [0.2, 0.25) is 0 Å². The van der Waals surface area contributed by atoms with Crippen molar-refractivity contribution in [2.24, 2.45) is 11.8 Å². The summed E-state index contributed by atoms with van der Waals surface area (Å²) in [4.78, 5) is 3.96. The molecule has 0 radical (unpaired) electrons. The molecule has 2 saturated carbocycles. The molecule has 6 nitrogen and oxygen atoms in total. The maximum Gasteiger partial charge on any atom is 0.387 e. The first-order valence-electron chi connectivity index (χ1n) is 8.83. The van der Waals surface area contributed by atoms with E-state index >= 15 is 0 Å². The topological polar surface area (TPSA) is 86.2 Å². The lowest BCUT2D eigenvalue weighted by Gasteiger charge is -2.13. The van der Waals surface area contributed by atoms with Gasteiger partial charge in [0.1, 0.15) is 0 Å². The molecule has 2 aliphatic rings. The number of hydrogen-bond donors (Lipinski definition) is 2. The van der Waals surface area contributed by atoms with Gasteiger partial charge in [0.25, 0.3) is 0 Å². The summed E-state index contributed by atoms with van der Waals surface area (Å²) >= 11 is 0. The first kappa shape index (κ1) is 17.2. The zero-order valence-electron chi connectivity index (χ0n) is 14.6. The zero-order chi connectivity index (χ0) is 18.6. The average molecular weight is 364 g/mol. The molecule has 2 aliphatic carbocycles. The molecular formula is C18H22F2N4O2. The highest BCUT2D eigenvalue weighted by atomic mass is 19.3. The standard InChI is InChI=1S/C18H22F2N4O2/c1-8(2)24-14(16-11-4-10(25)5-12(11)16)6-13(23-24)9-3-15(26-18(19)20)17(21)22-7-9/h3,6-8,10-12,16,18,25H,4-5H2,1-2H3,(H2,21,22). The van der Waals surface area contributed by atoms with Crippen molar-refractivity contribution in [3.8, 4) is 17.0 Å². The van der Waals surface area contributed by atoms with E-state index in [1.807, 2.05) is 10.7 Å². The maximum atomic E-state index is 12.5. The molecule has 26 heavy (non-hydrogen) atoms. The molecule has 2 atom stereocenters. The van der Waals surface area contributed by atoms with E-state index in [1.54, 1.807) is 0 Å². The van der Waals surface area contributed by atoms with E-state index in [0.29, 0.717) is 29.0 Å². The molecule has 2 aromatic heterocycles. The number of pyridine rings is 1. The van der Waals surface area contributed by atoms with Crippen molar-refractivity contribution in [2.45, 2.75) is 51.4 Å². The van der Waals surface area contributed by atoms with Crippen LogP contribution in [0.15, 0.2) is 18.3 Å². The molecule has 0 amide bonds. The number of aromatic nitrogens is 3. The monoisotopic (exact) mass is 364 g/mol. The van der Waals surface area contributed by atoms with E-state index in [-0.39, 0.29) is 23.7 Å². The number of ether oxygens (including phenoxy) is 1. The minimum Gasteiger partial charge on any atom is -0.431 e. The van der Waals surface area contributed by atoms with Crippen LogP contribution in [0.25, 0.3) is 11.3 Å². The Labute approximate surface area is 150 Å². The molecule has 8 heteroatoms. The molecule has 2 unspecified atom stereocenters. The number of nitrogen functional groups attached to an aromatic ring is 1. The fraction of sp³-hybridized carbons (Fsp3) is 0.556. The number of halogens is 2. The lowest BCUT2D eigenvalue weighted by molar-refractivity contribution is -0.0494. The van der Waals surface area contributed by atoms with Gasteiger partial charge in [-0.05, 0) is 50.7 Å². The van der Waals surface area contributed by atoms with Gasteiger partial charge in [0, 0.05) is 29.4 Å². The SMILES string of the molecule is CC(C)n1nc(-c2cnc(N)c(OC(F)F)c2)cc1C1C2CC(O)CC21. The highest BCUT2D eigenvalue weighted by Gasteiger charge is 2.57. The van der Waals surface area contributed by atoms with Gasteiger partial charge < -0.3 is 15.6 Å². The van der Waals surface area contributed by atoms with E-state index in [0.717, 1.165) is 18.5 Å². The van der Waals surface area contributed by atoms with Crippen LogP contribution >= 0.6 is 0 Å². The van der Waals surface area contributed by atoms with Crippen LogP contribution in [0.4, 0.5) is 14.6 Å². The van der Waals surface area contributed by atoms with Crippen LogP contribution in [-0.4, -0.2) is 32.6 Å². The Morgan fingerprint density at radius 1 is 1.27 bits per heavy atom. The fourth-order valence-electron chi connectivity index (χ4n) is 4.25. The van der Waals surface area contributed by atoms with Gasteiger partial charge in [-0.1, -0.05) is 0 Å². The van der Waals surface area contributed by atoms with Crippen molar-refractivity contribution >= 4 is 5.82 Å². The van der Waals surface area contributed by atoms with Crippen LogP contribution in [0.2, 0.25) is 0 Å². The number of nitrogens with two attached hydrogens (primary N) is 1. The van der Waals surface area contributed by atoms with Crippen LogP contribution in [-0.2, 0) is 0 Å². The lowest BCUT2D eigenvalue weighted by Crippen LogP contribution is -2.10. The Kier molecular flexibility index (Phi) is 4.10. The van der Waals surface area contributed by atoms with E-state index < -0.39 is 6.61 Å². The second-order valence-corrected chi connectivity index (χ2v) is 7.46. The highest BCUT2D eigenvalue weighted by molar-refractivity contribution is 5.64. The number of anilines is 1. The molecule has 2 heterocycles. The average Bonchev–Trinajstić information content (AvgIpc) is 2.94. The maximum absolute atomic E-state index is 12.5. The first-order valence-corrected chi connectivity index (χ1v) is 8.83. The third-order valence-corrected chi connectivity index (χ3v) is 5.41. The second kappa shape index (κ2) is 6.19. The van der Waals surface area contributed by atoms with Gasteiger partial charge in [-0.2, -0.15) is 13.9 Å². The van der Waals surface area contributed by atoms with Crippen LogP contribution in [0.1, 0.15) is 44.3 Å². The quantitative estimate of drug-likeness (QED) is 0.851. The van der Waals surface area contributed by atoms with Crippen molar-refractivity contribution < 1.29 is 18.6 Å². The summed E-state index contributed by atoms with van der Waals surface area (Å²) in [5.41, 5.74) is 7.99. The second-order valence-electron chi connectivity index (χ2n) is 7.46. The normalized spacial score (nSPS) is 27.2. The van der Waals surface area contributed by atoms with Crippen molar-refractivity contribution in [1.82, 2.24) is 14.8 Å². The number of alkyl halides is 2. The molecule has 2 fully saturated rings. The smallest absolute Gasteiger partial charge is 0.387 e. The van der Waals surface area contributed by atoms with Crippen LogP contribution < -0.4 is 10.5 Å². The van der Waals surface area contributed by atoms with E-state index in [4.69, 9.17) is 5.73 Å². The lowest BCUT2D eigenvalue weighted by atomic mass is 10.1. The van der Waals surface area contributed by atoms with Gasteiger partial charge >= 0.3 is 6.61 Å². The van der Waals surface area contributed by atoms with Crippen molar-refractivity contribution in [3.05, 3.63) is 24.0 Å². The molecule has 0 saturated heterocycles. The largest absolute Gasteiger partial charge is 0.431 e. The molecule has 0 spiro atoms. The molecule has 4 rings (SSSR count). The van der Waals surface area contributed by atoms with E-state index in [2.05, 4.69) is 28.7 Å². The van der Waals surface area contributed by atoms with Crippen LogP contribution in [0.5, 0.6) is 5.75 Å². The Morgan fingerprint density at radius 3 is 2.58 bits per heavy atom. The van der Waals surface area contributed by atoms with Crippen LogP contribution in [0, 0.1) is 11.8 Å². The summed E-state index contributed by atoms with van der Waals surface area (Å²) < 4.78 is 31.5. The summed E-state index contributed by atoms with van der Waals surface area (Å²) in [6.07, 6.45) is 3.00. The number of fused-ring (bicyclic) bond motifs is 1. The first-order chi connectivity index (χ1) is 12.3. The Bertz CT molecular complexity index is 812. The molecule has 0 bridgehead atoms. The van der Waals surface area contributed by atoms with E-state index in [9.17, 15) is 13.9 Å². The third kappa shape index (κ3) is 2.92. The van der Waals surface area contributed by atoms with Gasteiger partial charge in [-0.15, -0.1) is 0 Å². The van der Waals surface area contributed by atoms with Gasteiger partial charge in [-0.25, -0.2) is 4.98 Å². The fourth-order valence-corrected chi connectivity index (χ4v) is 4.25. The third-order valence-electron chi connectivity index (χ3n) is 5.41. The van der Waals surface area contributed by atoms with Crippen molar-refractivity contribution in [2.75, 3.05) is 5.73 Å². The number of aliphatic hydroxyl groups is 1. The van der Waals surface area contributed by atoms with Gasteiger partial charge in [0.15, 0.2) is 11.6 Å². The molecule has 2 aromatic rings. The summed E-state index contributed by atoms with van der Waals surface area (Å²) in [6, 6.07) is 3.61. The molecule has 3 N–H and O–H groups in total. The number of nitrogens with zero attached hydrogens (tertiary/aromatic N) is 3. The molecule has 0 aliphatic heterocycles. The van der Waals surface area contributed by atoms with Crippen LogP contribution in [0.3, 0.4) is 0 Å². The van der Waals surface area contributed by atoms with Gasteiger partial charge in [-0.3, -0.25) is 4.68 Å². The minimum atomic E-state index is -2.96. The van der Waals surface area contributed by atoms with Gasteiger partial charge in [0.05, 0.1) is 11.8 Å². The molecular weight excluding hydrogens is 342 g/mol. The predicted octanol–water partition coefficient (Wildman–Crippen LogP) is 3.19. The summed E-state index contributed by atoms with van der Waals surface area (Å²) in [5.74, 6) is 1.19. The summed E-state index contributed by atoms with van der Waals surface area (Å²) in [6.45, 7) is 1.15. The Morgan fingerprint density at radius 2 is 1.96 bits per heavy atom. The zero-order valence-corrected chi connectivity index (χ0v) is 14.6. The Hall–Kier alpha value is -2.22. The highest BCUT2D eigenvalue weighted by Crippen LogP contribution is 2.63.